The van der Waals surface area contributed by atoms with Crippen molar-refractivity contribution in [1.82, 2.24) is 20.2 Å². The maximum atomic E-state index is 5.22. The van der Waals surface area contributed by atoms with Gasteiger partial charge < -0.3 is 4.74 Å². The molecule has 0 aliphatic rings. The number of hydrogen-bond acceptors (Lipinski definition) is 4. The zero-order valence-electron chi connectivity index (χ0n) is 13.5. The fourth-order valence-electron chi connectivity index (χ4n) is 2.82. The van der Waals surface area contributed by atoms with E-state index in [-0.39, 0.29) is 0 Å². The average Bonchev–Trinajstić information content (AvgIpc) is 3.11. The van der Waals surface area contributed by atoms with Crippen molar-refractivity contribution in [2.24, 2.45) is 0 Å². The normalized spacial score (nSPS) is 11.1. The van der Waals surface area contributed by atoms with Crippen molar-refractivity contribution in [3.05, 3.63) is 64.9 Å². The van der Waals surface area contributed by atoms with Gasteiger partial charge in [-0.05, 0) is 45.8 Å². The van der Waals surface area contributed by atoms with E-state index in [9.17, 15) is 0 Å². The molecule has 3 heterocycles. The third-order valence-electron chi connectivity index (χ3n) is 3.95. The van der Waals surface area contributed by atoms with Crippen molar-refractivity contribution < 1.29 is 4.74 Å². The minimum absolute atomic E-state index is 0.575. The minimum atomic E-state index is 0.575. The lowest BCUT2D eigenvalue weighted by atomic mass is 10.0. The molecule has 0 aliphatic heterocycles. The summed E-state index contributed by atoms with van der Waals surface area (Å²) in [4.78, 5) is 9.12. The topological polar surface area (TPSA) is 63.7 Å². The number of aromatic amines is 1. The third-order valence-corrected chi connectivity index (χ3v) is 4.38. The molecule has 25 heavy (non-hydrogen) atoms. The summed E-state index contributed by atoms with van der Waals surface area (Å²) < 4.78 is 6.13. The van der Waals surface area contributed by atoms with E-state index in [1.807, 2.05) is 30.3 Å². The fraction of sp³-hybridized carbons (Fsp3) is 0.105. The van der Waals surface area contributed by atoms with Crippen LogP contribution in [0.4, 0.5) is 0 Å². The molecule has 1 aromatic carbocycles. The van der Waals surface area contributed by atoms with Gasteiger partial charge in [0.15, 0.2) is 0 Å². The van der Waals surface area contributed by atoms with Crippen LogP contribution < -0.4 is 0 Å². The van der Waals surface area contributed by atoms with Crippen LogP contribution in [0.5, 0.6) is 0 Å². The number of pyridine rings is 2. The Bertz CT molecular complexity index is 1040. The summed E-state index contributed by atoms with van der Waals surface area (Å²) in [6.45, 7) is 0.575. The molecular weight excluding hydrogens is 380 g/mol. The van der Waals surface area contributed by atoms with Crippen LogP contribution in [-0.2, 0) is 11.3 Å². The Morgan fingerprint density at radius 3 is 2.88 bits per heavy atom. The highest BCUT2D eigenvalue weighted by molar-refractivity contribution is 9.10. The van der Waals surface area contributed by atoms with Crippen LogP contribution in [-0.4, -0.2) is 27.3 Å². The second-order valence-corrected chi connectivity index (χ2v) is 6.60. The van der Waals surface area contributed by atoms with Gasteiger partial charge in [-0.1, -0.05) is 18.2 Å². The number of H-pyrrole nitrogens is 1. The molecule has 5 nitrogen and oxygen atoms in total. The number of nitrogens with one attached hydrogen (secondary N) is 1. The maximum Gasteiger partial charge on any atom is 0.0905 e. The van der Waals surface area contributed by atoms with E-state index in [1.165, 1.54) is 0 Å². The molecule has 4 aromatic rings. The van der Waals surface area contributed by atoms with Gasteiger partial charge in [-0.3, -0.25) is 10.1 Å². The molecule has 0 bridgehead atoms. The Morgan fingerprint density at radius 2 is 2.00 bits per heavy atom. The van der Waals surface area contributed by atoms with Crippen molar-refractivity contribution in [2.75, 3.05) is 7.11 Å². The number of nitrogens with zero attached hydrogens (tertiary/aromatic N) is 3. The zero-order chi connectivity index (χ0) is 17.2. The SMILES string of the molecule is COCc1cccc(-c2[nH]ncc2-c2ccc3ncc(Br)cc3n2)c1. The number of halogens is 1. The molecule has 0 spiro atoms. The first-order valence-electron chi connectivity index (χ1n) is 7.79. The molecule has 6 heteroatoms. The smallest absolute Gasteiger partial charge is 0.0905 e. The standard InChI is InChI=1S/C19H15BrN4O/c1-25-11-12-3-2-4-13(7-12)19-15(10-22-24-19)16-5-6-17-18(23-16)8-14(20)9-21-17/h2-10H,11H2,1H3,(H,22,24). The van der Waals surface area contributed by atoms with Crippen molar-refractivity contribution >= 4 is 27.0 Å². The number of rotatable bonds is 4. The molecule has 0 atom stereocenters. The number of methoxy groups -OCH3 is 1. The highest BCUT2D eigenvalue weighted by atomic mass is 79.9. The first kappa shape index (κ1) is 15.9. The number of fused-ring (bicyclic) bond motifs is 1. The lowest BCUT2D eigenvalue weighted by Gasteiger charge is -2.07. The largest absolute Gasteiger partial charge is 0.380 e. The summed E-state index contributed by atoms with van der Waals surface area (Å²) in [5, 5.41) is 7.32. The fourth-order valence-corrected chi connectivity index (χ4v) is 3.13. The van der Waals surface area contributed by atoms with Crippen molar-refractivity contribution in [2.45, 2.75) is 6.61 Å². The predicted octanol–water partition coefficient (Wildman–Crippen LogP) is 4.60. The van der Waals surface area contributed by atoms with Crippen LogP contribution >= 0.6 is 15.9 Å². The van der Waals surface area contributed by atoms with E-state index >= 15 is 0 Å². The zero-order valence-corrected chi connectivity index (χ0v) is 15.1. The molecule has 0 fully saturated rings. The highest BCUT2D eigenvalue weighted by Gasteiger charge is 2.12. The van der Waals surface area contributed by atoms with Crippen LogP contribution in [0.2, 0.25) is 0 Å². The van der Waals surface area contributed by atoms with Crippen LogP contribution in [0.25, 0.3) is 33.5 Å². The summed E-state index contributed by atoms with van der Waals surface area (Å²) in [5.41, 5.74) is 6.61. The molecule has 0 saturated carbocycles. The van der Waals surface area contributed by atoms with E-state index in [0.717, 1.165) is 43.6 Å². The van der Waals surface area contributed by atoms with Gasteiger partial charge in [0.05, 0.1) is 35.2 Å². The number of aromatic nitrogens is 4. The molecule has 4 rings (SSSR count). The monoisotopic (exact) mass is 394 g/mol. The van der Waals surface area contributed by atoms with E-state index < -0.39 is 0 Å². The van der Waals surface area contributed by atoms with Gasteiger partial charge in [-0.2, -0.15) is 5.10 Å². The molecule has 0 saturated heterocycles. The van der Waals surface area contributed by atoms with Gasteiger partial charge in [0.25, 0.3) is 0 Å². The highest BCUT2D eigenvalue weighted by Crippen LogP contribution is 2.30. The summed E-state index contributed by atoms with van der Waals surface area (Å²) in [5.74, 6) is 0. The molecule has 0 aliphatic carbocycles. The minimum Gasteiger partial charge on any atom is -0.380 e. The lowest BCUT2D eigenvalue weighted by Crippen LogP contribution is -1.91. The molecule has 3 aromatic heterocycles. The van der Waals surface area contributed by atoms with Crippen molar-refractivity contribution in [3.8, 4) is 22.5 Å². The summed E-state index contributed by atoms with van der Waals surface area (Å²) in [6.07, 6.45) is 3.58. The van der Waals surface area contributed by atoms with Crippen molar-refractivity contribution in [1.29, 1.82) is 0 Å². The molecule has 1 N–H and O–H groups in total. The van der Waals surface area contributed by atoms with Gasteiger partial charge in [0.2, 0.25) is 0 Å². The van der Waals surface area contributed by atoms with E-state index in [4.69, 9.17) is 9.72 Å². The molecule has 0 radical (unpaired) electrons. The molecule has 0 unspecified atom stereocenters. The summed E-state index contributed by atoms with van der Waals surface area (Å²) in [7, 11) is 1.69. The first-order chi connectivity index (χ1) is 12.2. The van der Waals surface area contributed by atoms with Gasteiger partial charge in [0.1, 0.15) is 0 Å². The second-order valence-electron chi connectivity index (χ2n) is 5.68. The Labute approximate surface area is 153 Å². The van der Waals surface area contributed by atoms with Crippen LogP contribution in [0, 0.1) is 0 Å². The van der Waals surface area contributed by atoms with Crippen LogP contribution in [0.1, 0.15) is 5.56 Å². The van der Waals surface area contributed by atoms with Gasteiger partial charge in [-0.15, -0.1) is 0 Å². The lowest BCUT2D eigenvalue weighted by molar-refractivity contribution is 0.185. The van der Waals surface area contributed by atoms with Crippen LogP contribution in [0.15, 0.2) is 59.3 Å². The number of hydrogen-bond donors (Lipinski definition) is 1. The van der Waals surface area contributed by atoms with E-state index in [0.29, 0.717) is 6.61 Å². The second kappa shape index (κ2) is 6.74. The van der Waals surface area contributed by atoms with Gasteiger partial charge in [0, 0.05) is 28.9 Å². The summed E-state index contributed by atoms with van der Waals surface area (Å²) in [6, 6.07) is 14.1. The predicted molar refractivity (Wildman–Crippen MR) is 101 cm³/mol. The Balaban J connectivity index is 1.80. The Hall–Kier alpha value is -2.57. The first-order valence-corrected chi connectivity index (χ1v) is 8.58. The number of ether oxygens (including phenoxy) is 1. The van der Waals surface area contributed by atoms with Crippen LogP contribution in [0.3, 0.4) is 0 Å². The summed E-state index contributed by atoms with van der Waals surface area (Å²) >= 11 is 3.45. The van der Waals surface area contributed by atoms with Gasteiger partial charge in [-0.25, -0.2) is 4.98 Å². The number of benzene rings is 1. The van der Waals surface area contributed by atoms with E-state index in [2.05, 4.69) is 43.2 Å². The maximum absolute atomic E-state index is 5.22. The van der Waals surface area contributed by atoms with E-state index in [1.54, 1.807) is 19.5 Å². The van der Waals surface area contributed by atoms with Crippen molar-refractivity contribution in [3.63, 3.8) is 0 Å². The quantitative estimate of drug-likeness (QED) is 0.549. The third kappa shape index (κ3) is 3.18. The Morgan fingerprint density at radius 1 is 1.08 bits per heavy atom. The molecule has 124 valence electrons. The average molecular weight is 395 g/mol. The molecule has 0 amide bonds. The van der Waals surface area contributed by atoms with Gasteiger partial charge >= 0.3 is 0 Å². The Kier molecular flexibility index (Phi) is 4.29. The molecular formula is C19H15BrN4O.